The third kappa shape index (κ3) is 3.74. The van der Waals surface area contributed by atoms with Crippen molar-refractivity contribution in [3.63, 3.8) is 0 Å². The molecule has 1 atom stereocenters. The van der Waals surface area contributed by atoms with E-state index in [9.17, 15) is 0 Å². The average molecular weight is 281 g/mol. The van der Waals surface area contributed by atoms with Gasteiger partial charge >= 0.3 is 0 Å². The molecular formula is C20H27N. The number of aryl methyl sites for hydroxylation is 1. The Morgan fingerprint density at radius 2 is 1.43 bits per heavy atom. The number of benzene rings is 2. The normalized spacial score (nSPS) is 14.8. The van der Waals surface area contributed by atoms with Crippen LogP contribution in [0.2, 0.25) is 0 Å². The number of rotatable bonds is 3. The van der Waals surface area contributed by atoms with E-state index in [0.717, 1.165) is 6.42 Å². The topological polar surface area (TPSA) is 26.0 Å². The van der Waals surface area contributed by atoms with E-state index in [1.54, 1.807) is 0 Å². The summed E-state index contributed by atoms with van der Waals surface area (Å²) in [5, 5.41) is 0. The minimum Gasteiger partial charge on any atom is -0.321 e. The SMILES string of the molecule is Cc1ccccc1C(C)(N)Cc1ccc(C(C)(C)C)cc1. The maximum absolute atomic E-state index is 6.59. The van der Waals surface area contributed by atoms with Gasteiger partial charge < -0.3 is 5.73 Å². The Bertz CT molecular complexity index is 600. The second kappa shape index (κ2) is 5.65. The third-order valence-corrected chi connectivity index (χ3v) is 4.15. The van der Waals surface area contributed by atoms with Crippen LogP contribution in [-0.4, -0.2) is 0 Å². The van der Waals surface area contributed by atoms with Gasteiger partial charge in [0.1, 0.15) is 0 Å². The van der Waals surface area contributed by atoms with Crippen molar-refractivity contribution in [2.75, 3.05) is 0 Å². The van der Waals surface area contributed by atoms with Crippen LogP contribution in [-0.2, 0) is 17.4 Å². The summed E-state index contributed by atoms with van der Waals surface area (Å²) < 4.78 is 0. The summed E-state index contributed by atoms with van der Waals surface area (Å²) >= 11 is 0. The zero-order chi connectivity index (χ0) is 15.7. The first-order chi connectivity index (χ1) is 9.70. The van der Waals surface area contributed by atoms with Gasteiger partial charge in [-0.25, -0.2) is 0 Å². The zero-order valence-corrected chi connectivity index (χ0v) is 13.9. The maximum atomic E-state index is 6.59. The maximum Gasteiger partial charge on any atom is 0.0424 e. The van der Waals surface area contributed by atoms with Gasteiger partial charge in [0.05, 0.1) is 0 Å². The molecule has 0 radical (unpaired) electrons. The quantitative estimate of drug-likeness (QED) is 0.866. The summed E-state index contributed by atoms with van der Waals surface area (Å²) in [6, 6.07) is 17.3. The van der Waals surface area contributed by atoms with Crippen LogP contribution in [0, 0.1) is 6.92 Å². The van der Waals surface area contributed by atoms with E-state index in [2.05, 4.69) is 83.1 Å². The summed E-state index contributed by atoms with van der Waals surface area (Å²) in [7, 11) is 0. The first-order valence-electron chi connectivity index (χ1n) is 7.64. The van der Waals surface area contributed by atoms with E-state index < -0.39 is 0 Å². The van der Waals surface area contributed by atoms with E-state index in [0.29, 0.717) is 0 Å². The molecule has 0 bridgehead atoms. The predicted octanol–water partition coefficient (Wildman–Crippen LogP) is 4.71. The molecule has 1 nitrogen and oxygen atoms in total. The molecule has 0 fully saturated rings. The molecule has 0 heterocycles. The van der Waals surface area contributed by atoms with Crippen molar-refractivity contribution in [3.8, 4) is 0 Å². The van der Waals surface area contributed by atoms with Gasteiger partial charge in [0.25, 0.3) is 0 Å². The van der Waals surface area contributed by atoms with Crippen molar-refractivity contribution in [2.24, 2.45) is 5.73 Å². The van der Waals surface area contributed by atoms with Crippen molar-refractivity contribution < 1.29 is 0 Å². The van der Waals surface area contributed by atoms with Gasteiger partial charge in [0.15, 0.2) is 0 Å². The Kier molecular flexibility index (Phi) is 4.25. The van der Waals surface area contributed by atoms with E-state index in [1.807, 2.05) is 0 Å². The fourth-order valence-electron chi connectivity index (χ4n) is 2.86. The molecule has 0 aromatic heterocycles. The van der Waals surface area contributed by atoms with Crippen molar-refractivity contribution in [1.82, 2.24) is 0 Å². The van der Waals surface area contributed by atoms with Crippen LogP contribution in [0.15, 0.2) is 48.5 Å². The van der Waals surface area contributed by atoms with E-state index in [4.69, 9.17) is 5.73 Å². The van der Waals surface area contributed by atoms with E-state index in [-0.39, 0.29) is 11.0 Å². The Balaban J connectivity index is 2.23. The van der Waals surface area contributed by atoms with Gasteiger partial charge in [0, 0.05) is 5.54 Å². The van der Waals surface area contributed by atoms with Crippen LogP contribution >= 0.6 is 0 Å². The summed E-state index contributed by atoms with van der Waals surface area (Å²) in [5.74, 6) is 0. The molecule has 0 aliphatic rings. The first kappa shape index (κ1) is 15.8. The summed E-state index contributed by atoms with van der Waals surface area (Å²) in [5.41, 5.74) is 11.6. The molecular weight excluding hydrogens is 254 g/mol. The molecule has 0 aliphatic carbocycles. The highest BCUT2D eigenvalue weighted by atomic mass is 14.7. The van der Waals surface area contributed by atoms with Crippen LogP contribution < -0.4 is 5.73 Å². The number of nitrogens with two attached hydrogens (primary N) is 1. The number of hydrogen-bond donors (Lipinski definition) is 1. The molecule has 0 aliphatic heterocycles. The van der Waals surface area contributed by atoms with Crippen LogP contribution in [0.1, 0.15) is 49.9 Å². The second-order valence-corrected chi connectivity index (χ2v) is 7.36. The molecule has 0 saturated heterocycles. The van der Waals surface area contributed by atoms with Gasteiger partial charge in [-0.05, 0) is 47.9 Å². The first-order valence-corrected chi connectivity index (χ1v) is 7.64. The molecule has 0 saturated carbocycles. The fourth-order valence-corrected chi connectivity index (χ4v) is 2.86. The molecule has 1 heteroatoms. The largest absolute Gasteiger partial charge is 0.321 e. The Morgan fingerprint density at radius 3 is 1.95 bits per heavy atom. The monoisotopic (exact) mass is 281 g/mol. The van der Waals surface area contributed by atoms with Crippen LogP contribution in [0.3, 0.4) is 0 Å². The lowest BCUT2D eigenvalue weighted by molar-refractivity contribution is 0.488. The summed E-state index contributed by atoms with van der Waals surface area (Å²) in [6.45, 7) is 11.0. The Labute approximate surface area is 129 Å². The fraction of sp³-hybridized carbons (Fsp3) is 0.400. The highest BCUT2D eigenvalue weighted by Gasteiger charge is 2.23. The van der Waals surface area contributed by atoms with Crippen molar-refractivity contribution in [1.29, 1.82) is 0 Å². The van der Waals surface area contributed by atoms with Crippen molar-refractivity contribution in [3.05, 3.63) is 70.8 Å². The molecule has 1 unspecified atom stereocenters. The molecule has 2 N–H and O–H groups in total. The lowest BCUT2D eigenvalue weighted by Crippen LogP contribution is -2.36. The van der Waals surface area contributed by atoms with Gasteiger partial charge in [-0.3, -0.25) is 0 Å². The van der Waals surface area contributed by atoms with Gasteiger partial charge in [-0.1, -0.05) is 69.3 Å². The lowest BCUT2D eigenvalue weighted by Gasteiger charge is -2.28. The number of hydrogen-bond acceptors (Lipinski definition) is 1. The van der Waals surface area contributed by atoms with Gasteiger partial charge in [-0.15, -0.1) is 0 Å². The molecule has 2 rings (SSSR count). The smallest absolute Gasteiger partial charge is 0.0424 e. The van der Waals surface area contributed by atoms with Crippen LogP contribution in [0.5, 0.6) is 0 Å². The second-order valence-electron chi connectivity index (χ2n) is 7.36. The average Bonchev–Trinajstić information content (AvgIpc) is 2.38. The third-order valence-electron chi connectivity index (χ3n) is 4.15. The van der Waals surface area contributed by atoms with Crippen LogP contribution in [0.25, 0.3) is 0 Å². The molecule has 112 valence electrons. The molecule has 0 amide bonds. The highest BCUT2D eigenvalue weighted by molar-refractivity contribution is 5.35. The molecule has 2 aromatic rings. The Hall–Kier alpha value is -1.60. The van der Waals surface area contributed by atoms with Crippen molar-refractivity contribution >= 4 is 0 Å². The van der Waals surface area contributed by atoms with Gasteiger partial charge in [0.2, 0.25) is 0 Å². The zero-order valence-electron chi connectivity index (χ0n) is 13.9. The highest BCUT2D eigenvalue weighted by Crippen LogP contribution is 2.27. The summed E-state index contributed by atoms with van der Waals surface area (Å²) in [4.78, 5) is 0. The van der Waals surface area contributed by atoms with Gasteiger partial charge in [-0.2, -0.15) is 0 Å². The Morgan fingerprint density at radius 1 is 0.857 bits per heavy atom. The van der Waals surface area contributed by atoms with E-state index >= 15 is 0 Å². The predicted molar refractivity (Wildman–Crippen MR) is 91.6 cm³/mol. The lowest BCUT2D eigenvalue weighted by atomic mass is 9.82. The molecule has 0 spiro atoms. The van der Waals surface area contributed by atoms with Crippen LogP contribution in [0.4, 0.5) is 0 Å². The summed E-state index contributed by atoms with van der Waals surface area (Å²) in [6.07, 6.45) is 0.849. The molecule has 21 heavy (non-hydrogen) atoms. The van der Waals surface area contributed by atoms with E-state index in [1.165, 1.54) is 22.3 Å². The minimum atomic E-state index is -0.339. The van der Waals surface area contributed by atoms with Crippen molar-refractivity contribution in [2.45, 2.75) is 52.0 Å². The standard InChI is InChI=1S/C20H27N/c1-15-8-6-7-9-18(15)20(5,21)14-16-10-12-17(13-11-16)19(2,3)4/h6-13H,14,21H2,1-5H3. The molecule has 2 aromatic carbocycles. The minimum absolute atomic E-state index is 0.195.